The molecule has 0 N–H and O–H groups in total. The molecule has 2 heterocycles. The van der Waals surface area contributed by atoms with E-state index in [9.17, 15) is 9.59 Å². The molecular weight excluding hydrogens is 302 g/mol. The van der Waals surface area contributed by atoms with Crippen molar-refractivity contribution in [3.8, 4) is 0 Å². The molecule has 1 fully saturated rings. The summed E-state index contributed by atoms with van der Waals surface area (Å²) in [5.74, 6) is 0.386. The van der Waals surface area contributed by atoms with Gasteiger partial charge < -0.3 is 4.90 Å². The van der Waals surface area contributed by atoms with E-state index in [0.717, 1.165) is 30.8 Å². The van der Waals surface area contributed by atoms with Crippen molar-refractivity contribution in [1.29, 1.82) is 0 Å². The Labute approximate surface area is 113 Å². The van der Waals surface area contributed by atoms with Crippen LogP contribution in [-0.4, -0.2) is 35.0 Å². The number of amides is 1. The molecule has 1 aliphatic rings. The van der Waals surface area contributed by atoms with Crippen LogP contribution in [0.5, 0.6) is 0 Å². The molecule has 17 heavy (non-hydrogen) atoms. The van der Waals surface area contributed by atoms with Crippen molar-refractivity contribution in [3.05, 3.63) is 21.9 Å². The number of likely N-dealkylation sites (tertiary alicyclic amines) is 1. The average Bonchev–Trinajstić information content (AvgIpc) is 2.94. The van der Waals surface area contributed by atoms with Crippen molar-refractivity contribution < 1.29 is 9.59 Å². The number of halogens is 1. The van der Waals surface area contributed by atoms with Gasteiger partial charge >= 0.3 is 0 Å². The first-order valence-electron chi connectivity index (χ1n) is 5.66. The Morgan fingerprint density at radius 2 is 2.29 bits per heavy atom. The van der Waals surface area contributed by atoms with Crippen LogP contribution in [0.15, 0.2) is 12.1 Å². The summed E-state index contributed by atoms with van der Waals surface area (Å²) in [6.45, 7) is 1.67. The largest absolute Gasteiger partial charge is 0.342 e. The normalized spacial score (nSPS) is 15.6. The Morgan fingerprint density at radius 3 is 2.94 bits per heavy atom. The number of rotatable bonds is 5. The maximum Gasteiger partial charge on any atom is 0.222 e. The van der Waals surface area contributed by atoms with Crippen molar-refractivity contribution in [2.45, 2.75) is 19.3 Å². The van der Waals surface area contributed by atoms with E-state index in [2.05, 4.69) is 15.9 Å². The van der Waals surface area contributed by atoms with Crippen LogP contribution in [-0.2, 0) is 11.2 Å². The van der Waals surface area contributed by atoms with Crippen LogP contribution >= 0.6 is 27.3 Å². The van der Waals surface area contributed by atoms with Crippen LogP contribution in [0, 0.1) is 0 Å². The molecule has 2 rings (SSSR count). The number of hydrogen-bond donors (Lipinski definition) is 0. The van der Waals surface area contributed by atoms with Crippen LogP contribution in [0.25, 0.3) is 0 Å². The van der Waals surface area contributed by atoms with Crippen LogP contribution in [0.2, 0.25) is 0 Å². The fraction of sp³-hybridized carbons (Fsp3) is 0.500. The Morgan fingerprint density at radius 1 is 1.47 bits per heavy atom. The molecule has 5 heteroatoms. The maximum atomic E-state index is 11.4. The van der Waals surface area contributed by atoms with Crippen LogP contribution in [0.4, 0.5) is 0 Å². The third-order valence-corrected chi connectivity index (χ3v) is 4.55. The molecule has 92 valence electrons. The molecule has 0 unspecified atom stereocenters. The van der Waals surface area contributed by atoms with Gasteiger partial charge in [-0.05, 0) is 25.0 Å². The zero-order valence-electron chi connectivity index (χ0n) is 9.45. The lowest BCUT2D eigenvalue weighted by molar-refractivity contribution is -0.127. The molecular formula is C12H14BrNO2S. The maximum absolute atomic E-state index is 11.4. The van der Waals surface area contributed by atoms with Gasteiger partial charge in [0, 0.05) is 24.4 Å². The molecule has 0 radical (unpaired) electrons. The summed E-state index contributed by atoms with van der Waals surface area (Å²) < 4.78 is 0. The topological polar surface area (TPSA) is 37.4 Å². The third-order valence-electron chi connectivity index (χ3n) is 2.86. The van der Waals surface area contributed by atoms with E-state index in [1.807, 2.05) is 17.0 Å². The van der Waals surface area contributed by atoms with Gasteiger partial charge in [0.2, 0.25) is 5.91 Å². The quantitative estimate of drug-likeness (QED) is 0.618. The molecule has 0 saturated carbocycles. The monoisotopic (exact) mass is 315 g/mol. The SMILES string of the molecule is O=C(CBr)c1ccc(CCN2CCCC2=O)s1. The molecule has 1 aliphatic heterocycles. The minimum Gasteiger partial charge on any atom is -0.342 e. The second-order valence-electron chi connectivity index (χ2n) is 4.06. The highest BCUT2D eigenvalue weighted by atomic mass is 79.9. The Bertz CT molecular complexity index is 430. The zero-order chi connectivity index (χ0) is 12.3. The first-order valence-corrected chi connectivity index (χ1v) is 7.60. The van der Waals surface area contributed by atoms with Crippen LogP contribution in [0.1, 0.15) is 27.4 Å². The van der Waals surface area contributed by atoms with Gasteiger partial charge in [0.25, 0.3) is 0 Å². The summed E-state index contributed by atoms with van der Waals surface area (Å²) in [5, 5.41) is 0.373. The highest BCUT2D eigenvalue weighted by Crippen LogP contribution is 2.19. The molecule has 1 amide bonds. The molecule has 0 bridgehead atoms. The second kappa shape index (κ2) is 5.78. The lowest BCUT2D eigenvalue weighted by Gasteiger charge is -2.14. The minimum atomic E-state index is 0.124. The first-order chi connectivity index (χ1) is 8.20. The molecule has 0 aliphatic carbocycles. The molecule has 3 nitrogen and oxygen atoms in total. The molecule has 0 atom stereocenters. The predicted molar refractivity (Wildman–Crippen MR) is 72.0 cm³/mol. The smallest absolute Gasteiger partial charge is 0.222 e. The van der Waals surface area contributed by atoms with Gasteiger partial charge in [-0.25, -0.2) is 0 Å². The summed E-state index contributed by atoms with van der Waals surface area (Å²) >= 11 is 4.70. The van der Waals surface area contributed by atoms with Gasteiger partial charge in [-0.3, -0.25) is 9.59 Å². The van der Waals surface area contributed by atoms with Gasteiger partial charge in [0.1, 0.15) is 0 Å². The summed E-state index contributed by atoms with van der Waals surface area (Å²) in [6, 6.07) is 3.86. The van der Waals surface area contributed by atoms with Gasteiger partial charge in [-0.2, -0.15) is 0 Å². The Hall–Kier alpha value is -0.680. The minimum absolute atomic E-state index is 0.124. The molecule has 1 saturated heterocycles. The molecule has 0 spiro atoms. The van der Waals surface area contributed by atoms with Gasteiger partial charge in [-0.1, -0.05) is 15.9 Å². The van der Waals surface area contributed by atoms with E-state index in [1.165, 1.54) is 16.2 Å². The molecule has 1 aromatic rings. The van der Waals surface area contributed by atoms with Gasteiger partial charge in [0.15, 0.2) is 5.78 Å². The van der Waals surface area contributed by atoms with Crippen molar-refractivity contribution in [2.75, 3.05) is 18.4 Å². The number of hydrogen-bond acceptors (Lipinski definition) is 3. The van der Waals surface area contributed by atoms with E-state index in [-0.39, 0.29) is 11.7 Å². The number of Topliss-reactive ketones (excluding diaryl/α,β-unsaturated/α-hetero) is 1. The van der Waals surface area contributed by atoms with Crippen molar-refractivity contribution >= 4 is 39.0 Å². The first kappa shape index (κ1) is 12.8. The summed E-state index contributed by atoms with van der Waals surface area (Å²) in [7, 11) is 0. The number of carbonyl (C=O) groups excluding carboxylic acids is 2. The number of nitrogens with zero attached hydrogens (tertiary/aromatic N) is 1. The summed E-state index contributed by atoms with van der Waals surface area (Å²) in [4.78, 5) is 26.7. The Balaban J connectivity index is 1.89. The van der Waals surface area contributed by atoms with Crippen LogP contribution < -0.4 is 0 Å². The fourth-order valence-corrected chi connectivity index (χ4v) is 3.34. The van der Waals surface area contributed by atoms with E-state index in [0.29, 0.717) is 11.8 Å². The average molecular weight is 316 g/mol. The number of ketones is 1. The standard InChI is InChI=1S/C12H14BrNO2S/c13-8-10(15)11-4-3-9(17-11)5-7-14-6-1-2-12(14)16/h3-4H,1-2,5-8H2. The van der Waals surface area contributed by atoms with Crippen molar-refractivity contribution in [1.82, 2.24) is 4.90 Å². The van der Waals surface area contributed by atoms with E-state index in [4.69, 9.17) is 0 Å². The Kier molecular flexibility index (Phi) is 4.34. The van der Waals surface area contributed by atoms with Crippen molar-refractivity contribution in [3.63, 3.8) is 0 Å². The van der Waals surface area contributed by atoms with Crippen LogP contribution in [0.3, 0.4) is 0 Å². The number of thiophene rings is 1. The molecule has 0 aromatic carbocycles. The summed E-state index contributed by atoms with van der Waals surface area (Å²) in [6.07, 6.45) is 2.53. The van der Waals surface area contributed by atoms with Crippen molar-refractivity contribution in [2.24, 2.45) is 0 Å². The highest BCUT2D eigenvalue weighted by molar-refractivity contribution is 9.09. The fourth-order valence-electron chi connectivity index (χ4n) is 1.91. The highest BCUT2D eigenvalue weighted by Gasteiger charge is 2.19. The van der Waals surface area contributed by atoms with Gasteiger partial charge in [-0.15, -0.1) is 11.3 Å². The van der Waals surface area contributed by atoms with E-state index >= 15 is 0 Å². The summed E-state index contributed by atoms with van der Waals surface area (Å²) in [5.41, 5.74) is 0. The molecule has 1 aromatic heterocycles. The van der Waals surface area contributed by atoms with E-state index < -0.39 is 0 Å². The van der Waals surface area contributed by atoms with E-state index in [1.54, 1.807) is 0 Å². The zero-order valence-corrected chi connectivity index (χ0v) is 11.8. The lowest BCUT2D eigenvalue weighted by Crippen LogP contribution is -2.26. The predicted octanol–water partition coefficient (Wildman–Crippen LogP) is 2.49. The second-order valence-corrected chi connectivity index (χ2v) is 5.79. The third kappa shape index (κ3) is 3.16. The van der Waals surface area contributed by atoms with Gasteiger partial charge in [0.05, 0.1) is 10.2 Å². The lowest BCUT2D eigenvalue weighted by atomic mass is 10.3. The number of carbonyl (C=O) groups is 2. The number of alkyl halides is 1.